The van der Waals surface area contributed by atoms with Crippen LogP contribution >= 0.6 is 11.6 Å². The van der Waals surface area contributed by atoms with Crippen LogP contribution in [0, 0.1) is 0 Å². The summed E-state index contributed by atoms with van der Waals surface area (Å²) in [6, 6.07) is 3.75. The van der Waals surface area contributed by atoms with Crippen molar-refractivity contribution in [1.82, 2.24) is 4.98 Å². The molecule has 16 heavy (non-hydrogen) atoms. The Labute approximate surface area is 99.9 Å². The Morgan fingerprint density at radius 3 is 2.56 bits per heavy atom. The molecule has 0 amide bonds. The standard InChI is InChI=1S/C10H13ClN2O2S/c11-8-1-2-10(12-7-8)13-9-3-5-16(14,15)6-4-9/h1-2,7,9H,3-6H2,(H,12,13). The molecule has 0 saturated carbocycles. The normalized spacial score (nSPS) is 20.6. The summed E-state index contributed by atoms with van der Waals surface area (Å²) in [4.78, 5) is 4.12. The van der Waals surface area contributed by atoms with E-state index in [9.17, 15) is 8.42 Å². The maximum Gasteiger partial charge on any atom is 0.150 e. The van der Waals surface area contributed by atoms with Gasteiger partial charge < -0.3 is 5.32 Å². The van der Waals surface area contributed by atoms with E-state index in [1.807, 2.05) is 0 Å². The molecule has 88 valence electrons. The summed E-state index contributed by atoms with van der Waals surface area (Å²) in [5.41, 5.74) is 0. The van der Waals surface area contributed by atoms with Crippen molar-refractivity contribution in [2.24, 2.45) is 0 Å². The summed E-state index contributed by atoms with van der Waals surface area (Å²) in [6.07, 6.45) is 2.86. The van der Waals surface area contributed by atoms with Gasteiger partial charge in [-0.25, -0.2) is 13.4 Å². The Morgan fingerprint density at radius 1 is 1.31 bits per heavy atom. The van der Waals surface area contributed by atoms with E-state index < -0.39 is 9.84 Å². The topological polar surface area (TPSA) is 59.1 Å². The zero-order valence-electron chi connectivity index (χ0n) is 8.69. The lowest BCUT2D eigenvalue weighted by Crippen LogP contribution is -2.32. The van der Waals surface area contributed by atoms with E-state index in [1.165, 1.54) is 0 Å². The van der Waals surface area contributed by atoms with E-state index in [-0.39, 0.29) is 17.5 Å². The first-order chi connectivity index (χ1) is 7.55. The number of sulfone groups is 1. The van der Waals surface area contributed by atoms with Crippen molar-refractivity contribution < 1.29 is 8.42 Å². The summed E-state index contributed by atoms with van der Waals surface area (Å²) in [7, 11) is -2.80. The van der Waals surface area contributed by atoms with E-state index >= 15 is 0 Å². The van der Waals surface area contributed by atoms with Crippen LogP contribution in [0.2, 0.25) is 5.02 Å². The van der Waals surface area contributed by atoms with E-state index in [1.54, 1.807) is 18.3 Å². The molecule has 1 aliphatic rings. The third-order valence-corrected chi connectivity index (χ3v) is 4.57. The molecule has 0 bridgehead atoms. The number of hydrogen-bond donors (Lipinski definition) is 1. The van der Waals surface area contributed by atoms with Crippen LogP contribution in [0.3, 0.4) is 0 Å². The highest BCUT2D eigenvalue weighted by Gasteiger charge is 2.23. The van der Waals surface area contributed by atoms with Crippen molar-refractivity contribution in [3.05, 3.63) is 23.4 Å². The summed E-state index contributed by atoms with van der Waals surface area (Å²) >= 11 is 5.72. The van der Waals surface area contributed by atoms with Gasteiger partial charge in [-0.2, -0.15) is 0 Å². The molecule has 2 heterocycles. The number of nitrogens with zero attached hydrogens (tertiary/aromatic N) is 1. The van der Waals surface area contributed by atoms with Crippen LogP contribution in [0.5, 0.6) is 0 Å². The molecule has 0 unspecified atom stereocenters. The number of halogens is 1. The highest BCUT2D eigenvalue weighted by molar-refractivity contribution is 7.91. The quantitative estimate of drug-likeness (QED) is 0.880. The average molecular weight is 261 g/mol. The highest BCUT2D eigenvalue weighted by Crippen LogP contribution is 2.17. The highest BCUT2D eigenvalue weighted by atomic mass is 35.5. The third kappa shape index (κ3) is 3.09. The zero-order valence-corrected chi connectivity index (χ0v) is 10.3. The monoisotopic (exact) mass is 260 g/mol. The van der Waals surface area contributed by atoms with Gasteiger partial charge in [0, 0.05) is 12.2 Å². The predicted octanol–water partition coefficient (Wildman–Crippen LogP) is 1.72. The number of hydrogen-bond acceptors (Lipinski definition) is 4. The Hall–Kier alpha value is -0.810. The Kier molecular flexibility index (Phi) is 3.35. The second-order valence-electron chi connectivity index (χ2n) is 3.93. The smallest absolute Gasteiger partial charge is 0.150 e. The van der Waals surface area contributed by atoms with Gasteiger partial charge in [-0.3, -0.25) is 0 Å². The first-order valence-electron chi connectivity index (χ1n) is 5.14. The first-order valence-corrected chi connectivity index (χ1v) is 7.34. The van der Waals surface area contributed by atoms with Crippen LogP contribution in [0.1, 0.15) is 12.8 Å². The predicted molar refractivity (Wildman–Crippen MR) is 64.5 cm³/mol. The van der Waals surface area contributed by atoms with Crippen LogP contribution in [0.15, 0.2) is 18.3 Å². The van der Waals surface area contributed by atoms with Gasteiger partial charge in [-0.05, 0) is 25.0 Å². The van der Waals surface area contributed by atoms with Crippen molar-refractivity contribution in [3.63, 3.8) is 0 Å². The number of nitrogens with one attached hydrogen (secondary N) is 1. The van der Waals surface area contributed by atoms with E-state index in [2.05, 4.69) is 10.3 Å². The van der Waals surface area contributed by atoms with Gasteiger partial charge in [0.2, 0.25) is 0 Å². The summed E-state index contributed by atoms with van der Waals surface area (Å²) in [5, 5.41) is 3.81. The number of pyridine rings is 1. The Bertz CT molecular complexity index is 444. The largest absolute Gasteiger partial charge is 0.367 e. The lowest BCUT2D eigenvalue weighted by atomic mass is 10.1. The molecular weight excluding hydrogens is 248 g/mol. The fourth-order valence-electron chi connectivity index (χ4n) is 1.70. The van der Waals surface area contributed by atoms with Crippen molar-refractivity contribution in [3.8, 4) is 0 Å². The summed E-state index contributed by atoms with van der Waals surface area (Å²) in [5.74, 6) is 1.27. The molecule has 0 atom stereocenters. The minimum absolute atomic E-state index is 0.192. The lowest BCUT2D eigenvalue weighted by Gasteiger charge is -2.23. The molecule has 1 aliphatic heterocycles. The second kappa shape index (κ2) is 4.59. The molecule has 0 spiro atoms. The maximum absolute atomic E-state index is 11.2. The molecule has 1 aromatic heterocycles. The SMILES string of the molecule is O=S1(=O)CCC(Nc2ccc(Cl)cn2)CC1. The third-order valence-electron chi connectivity index (χ3n) is 2.63. The van der Waals surface area contributed by atoms with Gasteiger partial charge in [0.05, 0.1) is 16.5 Å². The first kappa shape index (κ1) is 11.7. The average Bonchev–Trinajstić information content (AvgIpc) is 2.24. The van der Waals surface area contributed by atoms with Gasteiger partial charge in [0.1, 0.15) is 15.7 Å². The van der Waals surface area contributed by atoms with Crippen molar-refractivity contribution in [2.75, 3.05) is 16.8 Å². The molecule has 0 aliphatic carbocycles. The molecule has 1 aromatic rings. The van der Waals surface area contributed by atoms with Gasteiger partial charge in [-0.15, -0.1) is 0 Å². The second-order valence-corrected chi connectivity index (χ2v) is 6.67. The fraction of sp³-hybridized carbons (Fsp3) is 0.500. The van der Waals surface area contributed by atoms with Crippen molar-refractivity contribution in [2.45, 2.75) is 18.9 Å². The fourth-order valence-corrected chi connectivity index (χ4v) is 3.31. The molecule has 0 aromatic carbocycles. The Balaban J connectivity index is 1.94. The maximum atomic E-state index is 11.2. The lowest BCUT2D eigenvalue weighted by molar-refractivity contribution is 0.559. The van der Waals surface area contributed by atoms with Crippen LogP contribution < -0.4 is 5.32 Å². The van der Waals surface area contributed by atoms with Crippen LogP contribution in [0.25, 0.3) is 0 Å². The molecule has 1 fully saturated rings. The van der Waals surface area contributed by atoms with Crippen molar-refractivity contribution in [1.29, 1.82) is 0 Å². The number of anilines is 1. The summed E-state index contributed by atoms with van der Waals surface area (Å²) < 4.78 is 22.5. The molecule has 2 rings (SSSR count). The molecule has 1 saturated heterocycles. The van der Waals surface area contributed by atoms with Crippen LogP contribution in [0.4, 0.5) is 5.82 Å². The number of aromatic nitrogens is 1. The van der Waals surface area contributed by atoms with Gasteiger partial charge in [-0.1, -0.05) is 11.6 Å². The Morgan fingerprint density at radius 2 is 2.00 bits per heavy atom. The minimum atomic E-state index is -2.80. The molecule has 1 N–H and O–H groups in total. The van der Waals surface area contributed by atoms with Gasteiger partial charge in [0.25, 0.3) is 0 Å². The van der Waals surface area contributed by atoms with Crippen LogP contribution in [-0.4, -0.2) is 30.9 Å². The van der Waals surface area contributed by atoms with E-state index in [0.29, 0.717) is 17.9 Å². The molecule has 0 radical (unpaired) electrons. The van der Waals surface area contributed by atoms with Crippen molar-refractivity contribution >= 4 is 27.3 Å². The molecular formula is C10H13ClN2O2S. The molecule has 6 heteroatoms. The number of rotatable bonds is 2. The van der Waals surface area contributed by atoms with Gasteiger partial charge in [0.15, 0.2) is 0 Å². The van der Waals surface area contributed by atoms with E-state index in [4.69, 9.17) is 11.6 Å². The van der Waals surface area contributed by atoms with E-state index in [0.717, 1.165) is 5.82 Å². The van der Waals surface area contributed by atoms with Gasteiger partial charge >= 0.3 is 0 Å². The summed E-state index contributed by atoms with van der Waals surface area (Å²) in [6.45, 7) is 0. The zero-order chi connectivity index (χ0) is 11.6. The van der Waals surface area contributed by atoms with Crippen LogP contribution in [-0.2, 0) is 9.84 Å². The minimum Gasteiger partial charge on any atom is -0.367 e. The molecule has 4 nitrogen and oxygen atoms in total.